The first-order valence-corrected chi connectivity index (χ1v) is 9.61. The molecule has 2 N–H and O–H groups in total. The number of hydrogen-bond donors (Lipinski definition) is 1. The molecule has 1 aromatic heterocycles. The van der Waals surface area contributed by atoms with Gasteiger partial charge in [0.25, 0.3) is 0 Å². The molecule has 2 aromatic rings. The first-order valence-electron chi connectivity index (χ1n) is 9.61. The third kappa shape index (κ3) is 6.08. The monoisotopic (exact) mass is 415 g/mol. The summed E-state index contributed by atoms with van der Waals surface area (Å²) in [5.74, 6) is 0.223. The second kappa shape index (κ2) is 11.0. The minimum Gasteiger partial charge on any atom is -0.378 e. The standard InChI is InChI=1S/C19H22FN5O3.C2H4/c20-15-5-3-14(4-6-15)17(26)2-1-9-23-10-12-24(13-11-23)18-8-7-16(25(27)28)19(21)22-18;1-2/h3-8H,1-2,9-13H2,(H2,21,22);1-2H2. The topological polar surface area (TPSA) is 106 Å². The molecular formula is C21H26FN5O3. The Hall–Kier alpha value is -3.33. The molecule has 0 amide bonds. The average molecular weight is 415 g/mol. The summed E-state index contributed by atoms with van der Waals surface area (Å²) in [4.78, 5) is 30.9. The van der Waals surface area contributed by atoms with E-state index < -0.39 is 4.92 Å². The van der Waals surface area contributed by atoms with Crippen molar-refractivity contribution in [1.29, 1.82) is 0 Å². The fraction of sp³-hybridized carbons (Fsp3) is 0.333. The number of carbonyl (C=O) groups excluding carboxylic acids is 1. The van der Waals surface area contributed by atoms with Crippen LogP contribution in [0.25, 0.3) is 0 Å². The molecule has 2 heterocycles. The highest BCUT2D eigenvalue weighted by atomic mass is 19.1. The number of anilines is 2. The maximum absolute atomic E-state index is 12.9. The Balaban J connectivity index is 0.00000155. The number of halogens is 1. The minimum atomic E-state index is -0.544. The second-order valence-electron chi connectivity index (χ2n) is 6.69. The van der Waals surface area contributed by atoms with E-state index in [1.165, 1.54) is 30.3 Å². The van der Waals surface area contributed by atoms with E-state index in [1.54, 1.807) is 6.07 Å². The van der Waals surface area contributed by atoms with Gasteiger partial charge in [0.2, 0.25) is 5.82 Å². The zero-order valence-electron chi connectivity index (χ0n) is 16.8. The van der Waals surface area contributed by atoms with Crippen LogP contribution in [0.3, 0.4) is 0 Å². The molecule has 1 fully saturated rings. The highest BCUT2D eigenvalue weighted by Crippen LogP contribution is 2.23. The summed E-state index contributed by atoms with van der Waals surface area (Å²) in [6.07, 6.45) is 1.16. The van der Waals surface area contributed by atoms with Crippen molar-refractivity contribution in [1.82, 2.24) is 9.88 Å². The van der Waals surface area contributed by atoms with Gasteiger partial charge in [-0.25, -0.2) is 9.37 Å². The quantitative estimate of drug-likeness (QED) is 0.320. The van der Waals surface area contributed by atoms with Crippen LogP contribution in [0.4, 0.5) is 21.7 Å². The third-order valence-corrected chi connectivity index (χ3v) is 4.83. The molecule has 160 valence electrons. The summed E-state index contributed by atoms with van der Waals surface area (Å²) >= 11 is 0. The first kappa shape index (κ1) is 23.0. The van der Waals surface area contributed by atoms with Crippen molar-refractivity contribution in [2.24, 2.45) is 0 Å². The Morgan fingerprint density at radius 2 is 1.77 bits per heavy atom. The van der Waals surface area contributed by atoms with Crippen molar-refractivity contribution in [3.05, 3.63) is 71.1 Å². The SMILES string of the molecule is C=C.Nc1nc(N2CCN(CCCC(=O)c3ccc(F)cc3)CC2)ccc1[N+](=O)[O-]. The summed E-state index contributed by atoms with van der Waals surface area (Å²) in [5.41, 5.74) is 6.01. The molecule has 3 rings (SSSR count). The van der Waals surface area contributed by atoms with Crippen LogP contribution in [0, 0.1) is 15.9 Å². The Morgan fingerprint density at radius 3 is 2.33 bits per heavy atom. The largest absolute Gasteiger partial charge is 0.378 e. The summed E-state index contributed by atoms with van der Waals surface area (Å²) in [5, 5.41) is 10.8. The van der Waals surface area contributed by atoms with Crippen LogP contribution in [0.15, 0.2) is 49.6 Å². The Bertz CT molecular complexity index is 867. The number of rotatable bonds is 7. The number of carbonyl (C=O) groups is 1. The van der Waals surface area contributed by atoms with Gasteiger partial charge in [-0.2, -0.15) is 0 Å². The summed E-state index contributed by atoms with van der Waals surface area (Å²) in [7, 11) is 0. The molecule has 0 bridgehead atoms. The summed E-state index contributed by atoms with van der Waals surface area (Å²) < 4.78 is 12.9. The fourth-order valence-electron chi connectivity index (χ4n) is 3.23. The van der Waals surface area contributed by atoms with Gasteiger partial charge < -0.3 is 10.6 Å². The van der Waals surface area contributed by atoms with Gasteiger partial charge in [0.1, 0.15) is 11.6 Å². The molecule has 30 heavy (non-hydrogen) atoms. The number of benzene rings is 1. The Labute approximate surface area is 175 Å². The van der Waals surface area contributed by atoms with Crippen LogP contribution < -0.4 is 10.6 Å². The fourth-order valence-corrected chi connectivity index (χ4v) is 3.23. The van der Waals surface area contributed by atoms with Crippen molar-refractivity contribution in [3.8, 4) is 0 Å². The number of hydrogen-bond acceptors (Lipinski definition) is 7. The minimum absolute atomic E-state index is 0.0178. The molecule has 0 radical (unpaired) electrons. The van der Waals surface area contributed by atoms with E-state index >= 15 is 0 Å². The van der Waals surface area contributed by atoms with Crippen molar-refractivity contribution in [2.75, 3.05) is 43.4 Å². The molecular weight excluding hydrogens is 389 g/mol. The van der Waals surface area contributed by atoms with Gasteiger partial charge in [-0.3, -0.25) is 19.8 Å². The highest BCUT2D eigenvalue weighted by molar-refractivity contribution is 5.95. The lowest BCUT2D eigenvalue weighted by Crippen LogP contribution is -2.47. The van der Waals surface area contributed by atoms with Crippen LogP contribution in [-0.2, 0) is 0 Å². The van der Waals surface area contributed by atoms with E-state index in [0.29, 0.717) is 17.8 Å². The molecule has 1 aliphatic rings. The number of nitrogens with two attached hydrogens (primary N) is 1. The van der Waals surface area contributed by atoms with E-state index in [2.05, 4.69) is 23.0 Å². The maximum atomic E-state index is 12.9. The highest BCUT2D eigenvalue weighted by Gasteiger charge is 2.20. The lowest BCUT2D eigenvalue weighted by molar-refractivity contribution is -0.384. The zero-order valence-corrected chi connectivity index (χ0v) is 16.8. The van der Waals surface area contributed by atoms with E-state index in [9.17, 15) is 19.3 Å². The van der Waals surface area contributed by atoms with Crippen LogP contribution >= 0.6 is 0 Å². The number of nitrogen functional groups attached to an aromatic ring is 1. The van der Waals surface area contributed by atoms with Gasteiger partial charge in [-0.15, -0.1) is 13.2 Å². The molecule has 0 saturated carbocycles. The molecule has 0 aliphatic carbocycles. The number of piperazine rings is 1. The molecule has 0 atom stereocenters. The summed E-state index contributed by atoms with van der Waals surface area (Å²) in [6, 6.07) is 8.62. The predicted octanol–water partition coefficient (Wildman–Crippen LogP) is 3.30. The lowest BCUT2D eigenvalue weighted by atomic mass is 10.1. The zero-order chi connectivity index (χ0) is 22.1. The smallest absolute Gasteiger partial charge is 0.311 e. The number of nitrogens with zero attached hydrogens (tertiary/aromatic N) is 4. The molecule has 0 spiro atoms. The van der Waals surface area contributed by atoms with E-state index in [4.69, 9.17) is 5.73 Å². The molecule has 1 aliphatic heterocycles. The second-order valence-corrected chi connectivity index (χ2v) is 6.69. The van der Waals surface area contributed by atoms with Crippen LogP contribution in [0.1, 0.15) is 23.2 Å². The molecule has 8 nitrogen and oxygen atoms in total. The maximum Gasteiger partial charge on any atom is 0.311 e. The number of nitro groups is 1. The Morgan fingerprint density at radius 1 is 1.13 bits per heavy atom. The van der Waals surface area contributed by atoms with Gasteiger partial charge >= 0.3 is 5.69 Å². The Kier molecular flexibility index (Phi) is 8.42. The van der Waals surface area contributed by atoms with E-state index in [0.717, 1.165) is 39.1 Å². The van der Waals surface area contributed by atoms with Crippen LogP contribution in [-0.4, -0.2) is 53.3 Å². The molecule has 1 aromatic carbocycles. The van der Waals surface area contributed by atoms with Crippen molar-refractivity contribution >= 4 is 23.1 Å². The molecule has 1 saturated heterocycles. The first-order chi connectivity index (χ1) is 14.4. The van der Waals surface area contributed by atoms with Crippen LogP contribution in [0.2, 0.25) is 0 Å². The van der Waals surface area contributed by atoms with E-state index in [1.807, 2.05) is 4.90 Å². The van der Waals surface area contributed by atoms with Gasteiger partial charge in [-0.1, -0.05) is 0 Å². The third-order valence-electron chi connectivity index (χ3n) is 4.83. The van der Waals surface area contributed by atoms with Gasteiger partial charge in [0, 0.05) is 44.2 Å². The van der Waals surface area contributed by atoms with Gasteiger partial charge in [-0.05, 0) is 43.3 Å². The number of aromatic nitrogens is 1. The predicted molar refractivity (Wildman–Crippen MR) is 115 cm³/mol. The van der Waals surface area contributed by atoms with Crippen molar-refractivity contribution in [3.63, 3.8) is 0 Å². The van der Waals surface area contributed by atoms with E-state index in [-0.39, 0.29) is 23.1 Å². The number of ketones is 1. The van der Waals surface area contributed by atoms with Crippen LogP contribution in [0.5, 0.6) is 0 Å². The van der Waals surface area contributed by atoms with Gasteiger partial charge in [0.05, 0.1) is 4.92 Å². The normalized spacial score (nSPS) is 14.0. The lowest BCUT2D eigenvalue weighted by Gasteiger charge is -2.35. The average Bonchev–Trinajstić information content (AvgIpc) is 2.75. The summed E-state index contributed by atoms with van der Waals surface area (Å²) in [6.45, 7) is 9.88. The van der Waals surface area contributed by atoms with Crippen molar-refractivity contribution in [2.45, 2.75) is 12.8 Å². The number of Topliss-reactive ketones (excluding diaryl/α,β-unsaturated/α-hetero) is 1. The van der Waals surface area contributed by atoms with Crippen molar-refractivity contribution < 1.29 is 14.1 Å². The van der Waals surface area contributed by atoms with Gasteiger partial charge in [0.15, 0.2) is 5.78 Å². The molecule has 9 heteroatoms. The molecule has 0 unspecified atom stereocenters. The number of pyridine rings is 1.